The fourth-order valence-electron chi connectivity index (χ4n) is 2.41. The summed E-state index contributed by atoms with van der Waals surface area (Å²) in [5.74, 6) is 0.527. The molecule has 0 aliphatic carbocycles. The van der Waals surface area contributed by atoms with Crippen LogP contribution in [-0.2, 0) is 9.59 Å². The quantitative estimate of drug-likeness (QED) is 0.623. The Labute approximate surface area is 163 Å². The summed E-state index contributed by atoms with van der Waals surface area (Å²) in [6.45, 7) is 2.45. The van der Waals surface area contributed by atoms with Crippen LogP contribution >= 0.6 is 0 Å². The van der Waals surface area contributed by atoms with Crippen molar-refractivity contribution in [2.45, 2.75) is 6.92 Å². The Hall–Kier alpha value is -3.80. The lowest BCUT2D eigenvalue weighted by Gasteiger charge is -2.09. The van der Waals surface area contributed by atoms with E-state index in [1.807, 2.05) is 37.3 Å². The standard InChI is InChI=1S/C22H20N2O4/c1-2-27-18-12-8-16(9-13-18)23-21(25)22(26)24-17-10-14-20(15-11-17)28-19-6-4-3-5-7-19/h3-15H,2H2,1H3,(H,23,25)(H,24,26). The first-order chi connectivity index (χ1) is 13.6. The van der Waals surface area contributed by atoms with Gasteiger partial charge in [-0.15, -0.1) is 0 Å². The molecule has 6 heteroatoms. The van der Waals surface area contributed by atoms with Crippen LogP contribution in [0, 0.1) is 0 Å². The number of carbonyl (C=O) groups is 2. The number of para-hydroxylation sites is 1. The van der Waals surface area contributed by atoms with Crippen LogP contribution in [0.4, 0.5) is 11.4 Å². The SMILES string of the molecule is CCOc1ccc(NC(=O)C(=O)Nc2ccc(Oc3ccccc3)cc2)cc1. The number of amides is 2. The van der Waals surface area contributed by atoms with E-state index in [1.54, 1.807) is 48.5 Å². The zero-order valence-corrected chi connectivity index (χ0v) is 15.3. The van der Waals surface area contributed by atoms with Crippen LogP contribution in [0.3, 0.4) is 0 Å². The molecule has 0 aliphatic rings. The summed E-state index contributed by atoms with van der Waals surface area (Å²) in [7, 11) is 0. The van der Waals surface area contributed by atoms with Gasteiger partial charge in [-0.1, -0.05) is 18.2 Å². The molecule has 3 aromatic carbocycles. The molecule has 0 atom stereocenters. The molecule has 0 aliphatic heterocycles. The van der Waals surface area contributed by atoms with Gasteiger partial charge in [-0.2, -0.15) is 0 Å². The maximum Gasteiger partial charge on any atom is 0.314 e. The minimum absolute atomic E-state index is 0.493. The third kappa shape index (κ3) is 5.35. The van der Waals surface area contributed by atoms with Crippen molar-refractivity contribution in [2.75, 3.05) is 17.2 Å². The Balaban J connectivity index is 1.54. The van der Waals surface area contributed by atoms with E-state index < -0.39 is 11.8 Å². The molecule has 0 unspecified atom stereocenters. The number of hydrogen-bond acceptors (Lipinski definition) is 4. The van der Waals surface area contributed by atoms with Gasteiger partial charge in [0.05, 0.1) is 6.61 Å². The maximum atomic E-state index is 12.1. The van der Waals surface area contributed by atoms with Crippen molar-refractivity contribution < 1.29 is 19.1 Å². The summed E-state index contributed by atoms with van der Waals surface area (Å²) in [4.78, 5) is 24.1. The minimum atomic E-state index is -0.759. The van der Waals surface area contributed by atoms with E-state index in [0.717, 1.165) is 0 Å². The third-order valence-corrected chi connectivity index (χ3v) is 3.72. The van der Waals surface area contributed by atoms with Gasteiger partial charge >= 0.3 is 11.8 Å². The van der Waals surface area contributed by atoms with Crippen LogP contribution in [0.2, 0.25) is 0 Å². The lowest BCUT2D eigenvalue weighted by molar-refractivity contribution is -0.132. The molecule has 28 heavy (non-hydrogen) atoms. The molecule has 0 heterocycles. The maximum absolute atomic E-state index is 12.1. The number of benzene rings is 3. The Morgan fingerprint density at radius 2 is 1.14 bits per heavy atom. The molecule has 3 rings (SSSR count). The number of nitrogens with one attached hydrogen (secondary N) is 2. The van der Waals surface area contributed by atoms with Crippen molar-refractivity contribution in [2.24, 2.45) is 0 Å². The first kappa shape index (κ1) is 19.0. The van der Waals surface area contributed by atoms with Crippen LogP contribution < -0.4 is 20.1 Å². The summed E-state index contributed by atoms with van der Waals surface area (Å²) in [5.41, 5.74) is 1.00. The summed E-state index contributed by atoms with van der Waals surface area (Å²) >= 11 is 0. The van der Waals surface area contributed by atoms with Crippen molar-refractivity contribution in [3.63, 3.8) is 0 Å². The molecular weight excluding hydrogens is 356 g/mol. The average Bonchev–Trinajstić information content (AvgIpc) is 2.72. The monoisotopic (exact) mass is 376 g/mol. The van der Waals surface area contributed by atoms with Crippen LogP contribution in [0.25, 0.3) is 0 Å². The highest BCUT2D eigenvalue weighted by Gasteiger charge is 2.14. The number of hydrogen-bond donors (Lipinski definition) is 2. The van der Waals surface area contributed by atoms with Crippen molar-refractivity contribution in [1.29, 1.82) is 0 Å². The number of carbonyl (C=O) groups excluding carboxylic acids is 2. The van der Waals surface area contributed by atoms with Gasteiger partial charge in [0.15, 0.2) is 0 Å². The second-order valence-corrected chi connectivity index (χ2v) is 5.81. The molecule has 0 spiro atoms. The lowest BCUT2D eigenvalue weighted by atomic mass is 10.3. The van der Waals surface area contributed by atoms with Crippen molar-refractivity contribution >= 4 is 23.2 Å². The number of rotatable bonds is 6. The second kappa shape index (κ2) is 9.23. The second-order valence-electron chi connectivity index (χ2n) is 5.81. The Morgan fingerprint density at radius 1 is 0.679 bits per heavy atom. The fourth-order valence-corrected chi connectivity index (χ4v) is 2.41. The highest BCUT2D eigenvalue weighted by Crippen LogP contribution is 2.22. The van der Waals surface area contributed by atoms with Gasteiger partial charge in [0.25, 0.3) is 0 Å². The minimum Gasteiger partial charge on any atom is -0.494 e. The highest BCUT2D eigenvalue weighted by atomic mass is 16.5. The largest absolute Gasteiger partial charge is 0.494 e. The van der Waals surface area contributed by atoms with Crippen LogP contribution in [-0.4, -0.2) is 18.4 Å². The van der Waals surface area contributed by atoms with E-state index in [1.165, 1.54) is 0 Å². The zero-order chi connectivity index (χ0) is 19.8. The van der Waals surface area contributed by atoms with E-state index in [-0.39, 0.29) is 0 Å². The Kier molecular flexibility index (Phi) is 6.25. The molecule has 0 radical (unpaired) electrons. The summed E-state index contributed by atoms with van der Waals surface area (Å²) < 4.78 is 11.0. The molecule has 0 saturated carbocycles. The van der Waals surface area contributed by atoms with Gasteiger partial charge in [-0.25, -0.2) is 0 Å². The normalized spacial score (nSPS) is 10.0. The third-order valence-electron chi connectivity index (χ3n) is 3.72. The highest BCUT2D eigenvalue weighted by molar-refractivity contribution is 6.43. The molecule has 2 amide bonds. The van der Waals surface area contributed by atoms with E-state index in [9.17, 15) is 9.59 Å². The van der Waals surface area contributed by atoms with E-state index in [2.05, 4.69) is 10.6 Å². The summed E-state index contributed by atoms with van der Waals surface area (Å²) in [6.07, 6.45) is 0. The smallest absolute Gasteiger partial charge is 0.314 e. The molecule has 0 saturated heterocycles. The van der Waals surface area contributed by atoms with Crippen LogP contribution in [0.1, 0.15) is 6.92 Å². The fraction of sp³-hybridized carbons (Fsp3) is 0.0909. The van der Waals surface area contributed by atoms with Crippen LogP contribution in [0.5, 0.6) is 17.2 Å². The van der Waals surface area contributed by atoms with Crippen molar-refractivity contribution in [1.82, 2.24) is 0 Å². The van der Waals surface area contributed by atoms with E-state index in [0.29, 0.717) is 35.2 Å². The van der Waals surface area contributed by atoms with Gasteiger partial charge < -0.3 is 20.1 Å². The van der Waals surface area contributed by atoms with Crippen LogP contribution in [0.15, 0.2) is 78.9 Å². The predicted molar refractivity (Wildman–Crippen MR) is 108 cm³/mol. The summed E-state index contributed by atoms with van der Waals surface area (Å²) in [6, 6.07) is 22.9. The first-order valence-electron chi connectivity index (χ1n) is 8.82. The number of anilines is 2. The van der Waals surface area contributed by atoms with E-state index in [4.69, 9.17) is 9.47 Å². The van der Waals surface area contributed by atoms with Crippen molar-refractivity contribution in [3.05, 3.63) is 78.9 Å². The topological polar surface area (TPSA) is 76.7 Å². The van der Waals surface area contributed by atoms with Gasteiger partial charge in [0, 0.05) is 11.4 Å². The first-order valence-corrected chi connectivity index (χ1v) is 8.82. The molecule has 0 aromatic heterocycles. The molecule has 142 valence electrons. The van der Waals surface area contributed by atoms with E-state index >= 15 is 0 Å². The van der Waals surface area contributed by atoms with Gasteiger partial charge in [0.1, 0.15) is 17.2 Å². The molecular formula is C22H20N2O4. The molecule has 0 bridgehead atoms. The lowest BCUT2D eigenvalue weighted by Crippen LogP contribution is -2.29. The molecule has 3 aromatic rings. The molecule has 0 fully saturated rings. The van der Waals surface area contributed by atoms with Gasteiger partial charge in [-0.3, -0.25) is 9.59 Å². The average molecular weight is 376 g/mol. The Bertz CT molecular complexity index is 923. The van der Waals surface area contributed by atoms with Gasteiger partial charge in [-0.05, 0) is 67.6 Å². The van der Waals surface area contributed by atoms with Gasteiger partial charge in [0.2, 0.25) is 0 Å². The van der Waals surface area contributed by atoms with Crippen molar-refractivity contribution in [3.8, 4) is 17.2 Å². The Morgan fingerprint density at radius 3 is 1.64 bits per heavy atom. The predicted octanol–water partition coefficient (Wildman–Crippen LogP) is 4.45. The molecule has 6 nitrogen and oxygen atoms in total. The zero-order valence-electron chi connectivity index (χ0n) is 15.3. The summed E-state index contributed by atoms with van der Waals surface area (Å²) in [5, 5.41) is 5.10. The molecule has 2 N–H and O–H groups in total. The number of ether oxygens (including phenoxy) is 2.